The van der Waals surface area contributed by atoms with E-state index in [1.807, 2.05) is 32.0 Å². The summed E-state index contributed by atoms with van der Waals surface area (Å²) in [5, 5.41) is 6.26. The Kier molecular flexibility index (Phi) is 11.1. The van der Waals surface area contributed by atoms with Crippen LogP contribution < -0.4 is 21.3 Å². The van der Waals surface area contributed by atoms with E-state index in [2.05, 4.69) is 25.5 Å². The molecule has 214 valence electrons. The monoisotopic (exact) mass is 562 g/mol. The van der Waals surface area contributed by atoms with Crippen molar-refractivity contribution in [3.63, 3.8) is 0 Å². The number of rotatable bonds is 8. The van der Waals surface area contributed by atoms with Gasteiger partial charge in [-0.05, 0) is 44.9 Å². The zero-order valence-electron chi connectivity index (χ0n) is 22.8. The van der Waals surface area contributed by atoms with E-state index >= 15 is 0 Å². The maximum absolute atomic E-state index is 12.4. The molecule has 0 atom stereocenters. The number of carbonyl (C=O) groups excluding carboxylic acids is 3. The molecule has 0 radical (unpaired) electrons. The quantitative estimate of drug-likeness (QED) is 0.385. The first-order chi connectivity index (χ1) is 18.6. The van der Waals surface area contributed by atoms with E-state index in [4.69, 9.17) is 26.8 Å². The summed E-state index contributed by atoms with van der Waals surface area (Å²) in [6, 6.07) is 5.85. The van der Waals surface area contributed by atoms with Gasteiger partial charge in [0.25, 0.3) is 11.8 Å². The number of nitrogens with zero attached hydrogens (tertiary/aromatic N) is 2. The van der Waals surface area contributed by atoms with Gasteiger partial charge in [0.05, 0.1) is 35.9 Å². The summed E-state index contributed by atoms with van der Waals surface area (Å²) in [4.78, 5) is 43.6. The van der Waals surface area contributed by atoms with Crippen molar-refractivity contribution in [2.45, 2.75) is 51.6 Å². The van der Waals surface area contributed by atoms with Gasteiger partial charge in [0.15, 0.2) is 5.69 Å². The van der Waals surface area contributed by atoms with Crippen LogP contribution in [0.2, 0.25) is 5.02 Å². The molecule has 39 heavy (non-hydrogen) atoms. The molecule has 1 aromatic carbocycles. The van der Waals surface area contributed by atoms with Crippen molar-refractivity contribution >= 4 is 40.7 Å². The smallest absolute Gasteiger partial charge is 0.270 e. The van der Waals surface area contributed by atoms with Crippen molar-refractivity contribution in [1.82, 2.24) is 15.3 Å². The van der Waals surface area contributed by atoms with Gasteiger partial charge in [-0.1, -0.05) is 30.9 Å². The van der Waals surface area contributed by atoms with Gasteiger partial charge in [-0.2, -0.15) is 0 Å². The van der Waals surface area contributed by atoms with Gasteiger partial charge >= 0.3 is 0 Å². The average molecular weight is 563 g/mol. The van der Waals surface area contributed by atoms with E-state index in [0.717, 1.165) is 63.4 Å². The molecule has 11 nitrogen and oxygen atoms in total. The van der Waals surface area contributed by atoms with E-state index in [-0.39, 0.29) is 23.2 Å². The largest absolute Gasteiger partial charge is 0.378 e. The standard InChI is InChI=1S/C17H23ClN2O2.C10H16N4O3/c18-15-7-6-14(20-8-10-22-11-9-20)12-16(15)19-17(21)13-4-2-1-3-5-13;1-10(2,17-3)4-12-9(16)7-6(8(11)15)13-5-14-7/h6-7,12-13H,1-5,8-11H2,(H,19,21);5H,4H2,1-3H3,(H2,11,15)(H,12,16)(H,13,14). The van der Waals surface area contributed by atoms with Crippen molar-refractivity contribution in [2.75, 3.05) is 50.2 Å². The number of imidazole rings is 1. The molecule has 5 N–H and O–H groups in total. The van der Waals surface area contributed by atoms with Gasteiger partial charge in [0.1, 0.15) is 5.69 Å². The third-order valence-electron chi connectivity index (χ3n) is 6.89. The summed E-state index contributed by atoms with van der Waals surface area (Å²) in [6.07, 6.45) is 6.78. The Morgan fingerprint density at radius 1 is 1.21 bits per heavy atom. The van der Waals surface area contributed by atoms with Crippen LogP contribution in [0.1, 0.15) is 66.9 Å². The number of benzene rings is 1. The van der Waals surface area contributed by atoms with Crippen molar-refractivity contribution < 1.29 is 23.9 Å². The van der Waals surface area contributed by atoms with Crippen LogP contribution in [-0.2, 0) is 14.3 Å². The summed E-state index contributed by atoms with van der Waals surface area (Å²) >= 11 is 6.26. The number of aromatic nitrogens is 2. The van der Waals surface area contributed by atoms with Crippen LogP contribution in [0.5, 0.6) is 0 Å². The lowest BCUT2D eigenvalue weighted by atomic mass is 9.88. The summed E-state index contributed by atoms with van der Waals surface area (Å²) in [5.74, 6) is -0.943. The summed E-state index contributed by atoms with van der Waals surface area (Å²) in [5.41, 5.74) is 6.40. The molecule has 0 unspecified atom stereocenters. The molecule has 2 aliphatic rings. The highest BCUT2D eigenvalue weighted by Gasteiger charge is 2.23. The van der Waals surface area contributed by atoms with Gasteiger partial charge in [-0.15, -0.1) is 0 Å². The highest BCUT2D eigenvalue weighted by atomic mass is 35.5. The predicted molar refractivity (Wildman–Crippen MR) is 150 cm³/mol. The normalized spacial score (nSPS) is 16.2. The van der Waals surface area contributed by atoms with Crippen molar-refractivity contribution in [3.8, 4) is 0 Å². The highest BCUT2D eigenvalue weighted by molar-refractivity contribution is 6.33. The van der Waals surface area contributed by atoms with Crippen LogP contribution in [0.25, 0.3) is 0 Å². The second kappa shape index (κ2) is 14.3. The number of methoxy groups -OCH3 is 1. The second-order valence-electron chi connectivity index (χ2n) is 10.2. The number of morpholine rings is 1. The van der Waals surface area contributed by atoms with Crippen LogP contribution in [0, 0.1) is 5.92 Å². The molecule has 2 aromatic rings. The Balaban J connectivity index is 0.000000224. The number of anilines is 2. The molecule has 2 heterocycles. The molecule has 1 saturated heterocycles. The highest BCUT2D eigenvalue weighted by Crippen LogP contribution is 2.30. The van der Waals surface area contributed by atoms with Crippen LogP contribution in [0.3, 0.4) is 0 Å². The minimum atomic E-state index is -0.748. The van der Waals surface area contributed by atoms with Gasteiger partial charge in [0.2, 0.25) is 5.91 Å². The lowest BCUT2D eigenvalue weighted by Crippen LogP contribution is -2.40. The molecule has 0 bridgehead atoms. The molecular weight excluding hydrogens is 524 g/mol. The minimum absolute atomic E-state index is 0.0596. The number of aromatic amines is 1. The molecule has 1 aliphatic carbocycles. The fourth-order valence-corrected chi connectivity index (χ4v) is 4.50. The minimum Gasteiger partial charge on any atom is -0.378 e. The number of H-pyrrole nitrogens is 1. The maximum Gasteiger partial charge on any atom is 0.270 e. The Labute approximate surface area is 234 Å². The number of nitrogens with one attached hydrogen (secondary N) is 3. The van der Waals surface area contributed by atoms with Crippen LogP contribution in [-0.4, -0.2) is 73.2 Å². The maximum atomic E-state index is 12.4. The zero-order valence-corrected chi connectivity index (χ0v) is 23.6. The van der Waals surface area contributed by atoms with Crippen molar-refractivity contribution in [1.29, 1.82) is 0 Å². The molecular formula is C27H39ClN6O5. The number of hydrogen-bond donors (Lipinski definition) is 4. The van der Waals surface area contributed by atoms with Crippen LogP contribution in [0.15, 0.2) is 24.5 Å². The molecule has 2 fully saturated rings. The Hall–Kier alpha value is -3.15. The molecule has 1 aliphatic heterocycles. The average Bonchev–Trinajstić information content (AvgIpc) is 3.45. The Bertz CT molecular complexity index is 1130. The summed E-state index contributed by atoms with van der Waals surface area (Å²) in [7, 11) is 1.55. The molecule has 1 saturated carbocycles. The molecule has 1 aromatic heterocycles. The fraction of sp³-hybridized carbons (Fsp3) is 0.556. The number of halogens is 1. The van der Waals surface area contributed by atoms with Crippen molar-refractivity contribution in [3.05, 3.63) is 40.9 Å². The topological polar surface area (TPSA) is 152 Å². The first-order valence-electron chi connectivity index (χ1n) is 13.2. The van der Waals surface area contributed by atoms with Crippen molar-refractivity contribution in [2.24, 2.45) is 11.7 Å². The van der Waals surface area contributed by atoms with E-state index in [9.17, 15) is 14.4 Å². The number of primary amides is 1. The van der Waals surface area contributed by atoms with Crippen LogP contribution >= 0.6 is 11.6 Å². The van der Waals surface area contributed by atoms with E-state index in [1.165, 1.54) is 12.7 Å². The third-order valence-corrected chi connectivity index (χ3v) is 7.22. The fourth-order valence-electron chi connectivity index (χ4n) is 4.33. The molecule has 3 amide bonds. The second-order valence-corrected chi connectivity index (χ2v) is 10.6. The summed E-state index contributed by atoms with van der Waals surface area (Å²) in [6.45, 7) is 7.19. The van der Waals surface area contributed by atoms with E-state index < -0.39 is 17.4 Å². The van der Waals surface area contributed by atoms with E-state index in [1.54, 1.807) is 7.11 Å². The lowest BCUT2D eigenvalue weighted by Gasteiger charge is -2.29. The van der Waals surface area contributed by atoms with Crippen LogP contribution in [0.4, 0.5) is 11.4 Å². The number of amides is 3. The molecule has 0 spiro atoms. The molecule has 12 heteroatoms. The van der Waals surface area contributed by atoms with Gasteiger partial charge in [-0.25, -0.2) is 4.98 Å². The van der Waals surface area contributed by atoms with E-state index in [0.29, 0.717) is 11.6 Å². The zero-order chi connectivity index (χ0) is 28.4. The first-order valence-corrected chi connectivity index (χ1v) is 13.6. The molecule has 4 rings (SSSR count). The third kappa shape index (κ3) is 8.94. The Morgan fingerprint density at radius 2 is 1.90 bits per heavy atom. The van der Waals surface area contributed by atoms with Gasteiger partial charge < -0.3 is 35.7 Å². The van der Waals surface area contributed by atoms with Gasteiger partial charge in [-0.3, -0.25) is 14.4 Å². The lowest BCUT2D eigenvalue weighted by molar-refractivity contribution is -0.120. The number of hydrogen-bond acceptors (Lipinski definition) is 7. The SMILES string of the molecule is COC(C)(C)CNC(=O)c1[nH]cnc1C(N)=O.O=C(Nc1cc(N2CCOCC2)ccc1Cl)C1CCCCC1. The number of nitrogens with two attached hydrogens (primary N) is 1. The number of ether oxygens (including phenoxy) is 2. The van der Waals surface area contributed by atoms with Gasteiger partial charge in [0, 0.05) is 38.3 Å². The summed E-state index contributed by atoms with van der Waals surface area (Å²) < 4.78 is 10.5. The first kappa shape index (κ1) is 30.4. The number of carbonyl (C=O) groups is 3. The Morgan fingerprint density at radius 3 is 2.54 bits per heavy atom. The predicted octanol–water partition coefficient (Wildman–Crippen LogP) is 3.36.